The Bertz CT molecular complexity index is 3630. The molecule has 0 radical (unpaired) electrons. The van der Waals surface area contributed by atoms with Crippen molar-refractivity contribution in [3.05, 3.63) is 224 Å². The van der Waals surface area contributed by atoms with E-state index in [0.717, 1.165) is 31.5 Å². The maximum Gasteiger partial charge on any atom is 0.205 e. The van der Waals surface area contributed by atoms with Gasteiger partial charge in [-0.3, -0.25) is 0 Å². The van der Waals surface area contributed by atoms with Crippen molar-refractivity contribution in [2.75, 3.05) is 0 Å². The highest BCUT2D eigenvalue weighted by Gasteiger charge is 2.44. The van der Waals surface area contributed by atoms with Gasteiger partial charge in [-0.1, -0.05) is 87.4 Å². The van der Waals surface area contributed by atoms with E-state index < -0.39 is 160 Å². The smallest absolute Gasteiger partial charge is 0.205 e. The first-order chi connectivity index (χ1) is 38.0. The molecule has 0 fully saturated rings. The SMILES string of the molecule is CCC(CC)(Oc1ccc(C(C)(C)c2ccc(Oc3c(F)c(F)c(-c4c(F)c(F)c(C(C)(C)Oc5ccc(C)cc5)c(F)c4F)c(F)c3F)cc2)cc1)c1c(F)c(F)c(-c2c(F)c(F)c(Oc3ccc(C)cc3)c(F)c2F)c(F)c1F. The predicted octanol–water partition coefficient (Wildman–Crippen LogP) is 19.2. The van der Waals surface area contributed by atoms with Crippen LogP contribution in [0.1, 0.15) is 87.8 Å². The first kappa shape index (κ1) is 59.0. The molecule has 0 aliphatic carbocycles. The Morgan fingerprint density at radius 2 is 0.568 bits per heavy atom. The van der Waals surface area contributed by atoms with E-state index in [9.17, 15) is 0 Å². The van der Waals surface area contributed by atoms with Crippen LogP contribution in [0.25, 0.3) is 22.3 Å². The zero-order chi connectivity index (χ0) is 59.5. The number of rotatable bonds is 16. The summed E-state index contributed by atoms with van der Waals surface area (Å²) in [4.78, 5) is 0. The fourth-order valence-corrected chi connectivity index (χ4v) is 9.34. The summed E-state index contributed by atoms with van der Waals surface area (Å²) < 4.78 is 273. The van der Waals surface area contributed by atoms with E-state index >= 15 is 70.2 Å². The van der Waals surface area contributed by atoms with E-state index in [-0.39, 0.29) is 30.1 Å². The van der Waals surface area contributed by atoms with E-state index in [4.69, 9.17) is 18.9 Å². The average Bonchev–Trinajstić information content (AvgIpc) is 3.58. The maximum atomic E-state index is 16.2. The van der Waals surface area contributed by atoms with Gasteiger partial charge in [-0.05, 0) is 100 Å². The van der Waals surface area contributed by atoms with Crippen molar-refractivity contribution in [2.24, 2.45) is 0 Å². The van der Waals surface area contributed by atoms with Crippen LogP contribution < -0.4 is 18.9 Å². The molecule has 81 heavy (non-hydrogen) atoms. The molecular weight excluding hydrogens is 1100 g/mol. The average molecular weight is 1140 g/mol. The molecule has 8 rings (SSSR count). The van der Waals surface area contributed by atoms with E-state index in [1.807, 2.05) is 0 Å². The second-order valence-electron chi connectivity index (χ2n) is 19.9. The lowest BCUT2D eigenvalue weighted by Gasteiger charge is -2.34. The van der Waals surface area contributed by atoms with Crippen molar-refractivity contribution in [3.8, 4) is 56.8 Å². The molecule has 0 heterocycles. The molecule has 20 heteroatoms. The first-order valence-electron chi connectivity index (χ1n) is 24.6. The molecule has 0 amide bonds. The summed E-state index contributed by atoms with van der Waals surface area (Å²) in [5.74, 6) is -41.5. The van der Waals surface area contributed by atoms with Crippen molar-refractivity contribution in [3.63, 3.8) is 0 Å². The Morgan fingerprint density at radius 3 is 0.889 bits per heavy atom. The molecule has 0 saturated carbocycles. The molecule has 0 bridgehead atoms. The summed E-state index contributed by atoms with van der Waals surface area (Å²) >= 11 is 0. The number of benzene rings is 8. The highest BCUT2D eigenvalue weighted by atomic mass is 19.2. The van der Waals surface area contributed by atoms with E-state index in [2.05, 4.69) is 0 Å². The molecular formula is C61H44F16O4. The Balaban J connectivity index is 1.03. The normalized spacial score (nSPS) is 12.0. The van der Waals surface area contributed by atoms with Crippen molar-refractivity contribution in [1.29, 1.82) is 0 Å². The molecule has 4 nitrogen and oxygen atoms in total. The quantitative estimate of drug-likeness (QED) is 0.0714. The van der Waals surface area contributed by atoms with Gasteiger partial charge in [-0.15, -0.1) is 0 Å². The minimum Gasteiger partial charge on any atom is -0.483 e. The number of ether oxygens (including phenoxy) is 4. The summed E-state index contributed by atoms with van der Waals surface area (Å²) in [6.07, 6.45) is -0.776. The van der Waals surface area contributed by atoms with Crippen molar-refractivity contribution < 1.29 is 89.2 Å². The van der Waals surface area contributed by atoms with Crippen molar-refractivity contribution >= 4 is 0 Å². The van der Waals surface area contributed by atoms with Gasteiger partial charge < -0.3 is 18.9 Å². The molecule has 0 unspecified atom stereocenters. The Labute approximate surface area is 453 Å². The lowest BCUT2D eigenvalue weighted by Crippen LogP contribution is -2.35. The van der Waals surface area contributed by atoms with Crippen LogP contribution in [0.5, 0.6) is 34.5 Å². The van der Waals surface area contributed by atoms with Crippen LogP contribution in [0, 0.1) is 107 Å². The van der Waals surface area contributed by atoms with Crippen LogP contribution in [0.2, 0.25) is 0 Å². The Hall–Kier alpha value is -8.16. The number of hydrogen-bond donors (Lipinski definition) is 0. The minimum absolute atomic E-state index is 0.0239. The summed E-state index contributed by atoms with van der Waals surface area (Å²) in [6.45, 7) is 11.5. The van der Waals surface area contributed by atoms with E-state index in [0.29, 0.717) is 16.7 Å². The van der Waals surface area contributed by atoms with Crippen LogP contribution in [0.4, 0.5) is 70.2 Å². The lowest BCUT2D eigenvalue weighted by molar-refractivity contribution is 0.0478. The first-order valence-corrected chi connectivity index (χ1v) is 24.6. The van der Waals surface area contributed by atoms with Gasteiger partial charge in [-0.25, -0.2) is 52.7 Å². The van der Waals surface area contributed by atoms with Gasteiger partial charge in [0.2, 0.25) is 34.8 Å². The summed E-state index contributed by atoms with van der Waals surface area (Å²) in [6, 6.07) is 21.8. The third-order valence-electron chi connectivity index (χ3n) is 14.0. The molecule has 8 aromatic carbocycles. The predicted molar refractivity (Wildman–Crippen MR) is 267 cm³/mol. The molecule has 0 atom stereocenters. The van der Waals surface area contributed by atoms with Gasteiger partial charge in [0.25, 0.3) is 0 Å². The zero-order valence-electron chi connectivity index (χ0n) is 43.8. The highest BCUT2D eigenvalue weighted by Crippen LogP contribution is 2.48. The molecule has 0 saturated heterocycles. The van der Waals surface area contributed by atoms with Crippen molar-refractivity contribution in [2.45, 2.75) is 84.8 Å². The summed E-state index contributed by atoms with van der Waals surface area (Å²) in [5, 5.41) is 0. The Kier molecular flexibility index (Phi) is 16.1. The van der Waals surface area contributed by atoms with Crippen LogP contribution in [-0.4, -0.2) is 0 Å². The van der Waals surface area contributed by atoms with Crippen molar-refractivity contribution in [1.82, 2.24) is 0 Å². The summed E-state index contributed by atoms with van der Waals surface area (Å²) in [5.41, 5.74) is -14.1. The van der Waals surface area contributed by atoms with Crippen LogP contribution >= 0.6 is 0 Å². The fourth-order valence-electron chi connectivity index (χ4n) is 9.34. The van der Waals surface area contributed by atoms with Gasteiger partial charge in [-0.2, -0.15) is 17.6 Å². The van der Waals surface area contributed by atoms with Gasteiger partial charge in [0, 0.05) is 5.41 Å². The number of aryl methyl sites for hydroxylation is 2. The second-order valence-corrected chi connectivity index (χ2v) is 19.9. The minimum atomic E-state index is -2.47. The van der Waals surface area contributed by atoms with Gasteiger partial charge >= 0.3 is 0 Å². The zero-order valence-corrected chi connectivity index (χ0v) is 43.8. The molecule has 0 aliphatic heterocycles. The molecule has 8 aromatic rings. The molecule has 0 aromatic heterocycles. The third-order valence-corrected chi connectivity index (χ3v) is 14.0. The molecule has 0 N–H and O–H groups in total. The standard InChI is InChI=1S/C61H44F16O4/c1-9-61(10-2,40-51(72)43(64)36(44(65)52(40)73)38-47(68)53(74)57(54(75)48(38)69)78-31-19-11-27(3)12-20-31)81-34-25-17-30(18-26-34)59(5,6)29-15-23-32(24-16-29)79-58-55(76)45(66)37(46(67)56(58)77)35-41(62)49(70)39(50(71)42(35)63)60(7,8)80-33-21-13-28(4)14-22-33/h11-26H,9-10H2,1-8H3. The van der Waals surface area contributed by atoms with E-state index in [1.54, 1.807) is 39.8 Å². The molecule has 424 valence electrons. The van der Waals surface area contributed by atoms with Crippen LogP contribution in [0.3, 0.4) is 0 Å². The Morgan fingerprint density at radius 1 is 0.309 bits per heavy atom. The largest absolute Gasteiger partial charge is 0.483 e. The monoisotopic (exact) mass is 1140 g/mol. The topological polar surface area (TPSA) is 36.9 Å². The number of halogens is 16. The van der Waals surface area contributed by atoms with Gasteiger partial charge in [0.05, 0.1) is 33.4 Å². The van der Waals surface area contributed by atoms with Crippen LogP contribution in [0.15, 0.2) is 97.1 Å². The van der Waals surface area contributed by atoms with E-state index in [1.165, 1.54) is 86.6 Å². The highest BCUT2D eigenvalue weighted by molar-refractivity contribution is 5.71. The second kappa shape index (κ2) is 22.1. The third kappa shape index (κ3) is 10.4. The number of hydrogen-bond acceptors (Lipinski definition) is 4. The lowest BCUT2D eigenvalue weighted by atomic mass is 9.78. The molecule has 0 spiro atoms. The molecule has 0 aliphatic rings. The van der Waals surface area contributed by atoms with Crippen LogP contribution in [-0.2, 0) is 16.6 Å². The van der Waals surface area contributed by atoms with Gasteiger partial charge in [0.15, 0.2) is 69.8 Å². The van der Waals surface area contributed by atoms with Gasteiger partial charge in [0.1, 0.15) is 34.2 Å². The maximum absolute atomic E-state index is 16.2. The fraction of sp³-hybridized carbons (Fsp3) is 0.213. The summed E-state index contributed by atoms with van der Waals surface area (Å²) in [7, 11) is 0.